The molecule has 1 rings (SSSR count). The van der Waals surface area contributed by atoms with Gasteiger partial charge in [0, 0.05) is 24.9 Å². The van der Waals surface area contributed by atoms with Gasteiger partial charge in [0.1, 0.15) is 21.3 Å². The van der Waals surface area contributed by atoms with E-state index in [1.54, 1.807) is 32.4 Å². The molecule has 1 aromatic rings. The quantitative estimate of drug-likeness (QED) is 0.398. The van der Waals surface area contributed by atoms with Gasteiger partial charge in [-0.25, -0.2) is 8.42 Å². The molecule has 0 fully saturated rings. The molecular formula is C18H31N3O5S. The summed E-state index contributed by atoms with van der Waals surface area (Å²) in [5, 5.41) is 16.7. The molecule has 0 aliphatic heterocycles. The van der Waals surface area contributed by atoms with Gasteiger partial charge in [0.2, 0.25) is 0 Å². The largest absolute Gasteiger partial charge is 0.497 e. The lowest BCUT2D eigenvalue weighted by Gasteiger charge is -2.18. The van der Waals surface area contributed by atoms with Crippen molar-refractivity contribution in [3.05, 3.63) is 23.8 Å². The van der Waals surface area contributed by atoms with Gasteiger partial charge in [-0.2, -0.15) is 0 Å². The summed E-state index contributed by atoms with van der Waals surface area (Å²) >= 11 is 0. The van der Waals surface area contributed by atoms with E-state index in [0.29, 0.717) is 36.0 Å². The van der Waals surface area contributed by atoms with Crippen molar-refractivity contribution in [3.63, 3.8) is 0 Å². The molecule has 0 heterocycles. The Balaban J connectivity index is 2.79. The zero-order valence-corrected chi connectivity index (χ0v) is 17.5. The van der Waals surface area contributed by atoms with Crippen LogP contribution in [0.3, 0.4) is 0 Å². The van der Waals surface area contributed by atoms with Gasteiger partial charge in [0.25, 0.3) is 0 Å². The fourth-order valence-corrected chi connectivity index (χ4v) is 3.10. The van der Waals surface area contributed by atoms with Crippen LogP contribution in [0, 0.1) is 0 Å². The Bertz CT molecular complexity index is 699. The summed E-state index contributed by atoms with van der Waals surface area (Å²) in [5.74, 6) is 1.80. The summed E-state index contributed by atoms with van der Waals surface area (Å²) in [6.45, 7) is 4.60. The molecule has 0 aromatic heterocycles. The molecule has 9 heteroatoms. The number of ether oxygens (including phenoxy) is 2. The third kappa shape index (κ3) is 8.96. The molecule has 0 saturated carbocycles. The van der Waals surface area contributed by atoms with Crippen LogP contribution < -0.4 is 20.1 Å². The summed E-state index contributed by atoms with van der Waals surface area (Å²) in [6.07, 6.45) is 0.854. The second-order valence-electron chi connectivity index (χ2n) is 6.35. The van der Waals surface area contributed by atoms with Gasteiger partial charge in [-0.15, -0.1) is 0 Å². The number of aliphatic hydroxyl groups excluding tert-OH is 1. The molecule has 0 aliphatic rings. The van der Waals surface area contributed by atoms with E-state index in [2.05, 4.69) is 15.6 Å². The van der Waals surface area contributed by atoms with Crippen LogP contribution >= 0.6 is 0 Å². The van der Waals surface area contributed by atoms with Crippen molar-refractivity contribution in [2.45, 2.75) is 32.4 Å². The van der Waals surface area contributed by atoms with Gasteiger partial charge < -0.3 is 25.2 Å². The SMILES string of the molecule is CCNC(=NCC(O)c1cc(OC)cc(OC)c1)NC(C)CCS(C)(=O)=O. The predicted octanol–water partition coefficient (Wildman–Crippen LogP) is 1.12. The Kier molecular flexibility index (Phi) is 9.37. The zero-order chi connectivity index (χ0) is 20.4. The van der Waals surface area contributed by atoms with Gasteiger partial charge in [-0.1, -0.05) is 0 Å². The number of hydrogen-bond donors (Lipinski definition) is 3. The first-order valence-electron chi connectivity index (χ1n) is 8.82. The first-order valence-corrected chi connectivity index (χ1v) is 10.9. The number of sulfone groups is 1. The average Bonchev–Trinajstić information content (AvgIpc) is 2.63. The normalized spacial score (nSPS) is 14.4. The van der Waals surface area contributed by atoms with Gasteiger partial charge in [0.05, 0.1) is 32.6 Å². The maximum Gasteiger partial charge on any atom is 0.191 e. The molecule has 0 spiro atoms. The van der Waals surface area contributed by atoms with Crippen molar-refractivity contribution in [3.8, 4) is 11.5 Å². The van der Waals surface area contributed by atoms with E-state index in [1.165, 1.54) is 6.26 Å². The monoisotopic (exact) mass is 401 g/mol. The lowest BCUT2D eigenvalue weighted by molar-refractivity contribution is 0.186. The Morgan fingerprint density at radius 2 is 1.81 bits per heavy atom. The highest BCUT2D eigenvalue weighted by Gasteiger charge is 2.13. The van der Waals surface area contributed by atoms with Crippen molar-refractivity contribution in [1.29, 1.82) is 0 Å². The van der Waals surface area contributed by atoms with Crippen molar-refractivity contribution in [2.75, 3.05) is 39.3 Å². The minimum Gasteiger partial charge on any atom is -0.497 e. The van der Waals surface area contributed by atoms with Crippen molar-refractivity contribution < 1.29 is 23.0 Å². The zero-order valence-electron chi connectivity index (χ0n) is 16.7. The van der Waals surface area contributed by atoms with Crippen LogP contribution in [0.4, 0.5) is 0 Å². The lowest BCUT2D eigenvalue weighted by Crippen LogP contribution is -2.43. The number of nitrogens with zero attached hydrogens (tertiary/aromatic N) is 1. The fourth-order valence-electron chi connectivity index (χ4n) is 2.32. The molecule has 154 valence electrons. The Labute approximate surface area is 161 Å². The van der Waals surface area contributed by atoms with Crippen LogP contribution in [0.25, 0.3) is 0 Å². The molecule has 8 nitrogen and oxygen atoms in total. The molecule has 0 bridgehead atoms. The number of benzene rings is 1. The van der Waals surface area contributed by atoms with Crippen LogP contribution in [0.1, 0.15) is 31.9 Å². The maximum absolute atomic E-state index is 11.3. The molecular weight excluding hydrogens is 370 g/mol. The molecule has 0 radical (unpaired) electrons. The number of aliphatic imine (C=N–C) groups is 1. The molecule has 0 amide bonds. The highest BCUT2D eigenvalue weighted by Crippen LogP contribution is 2.26. The topological polar surface area (TPSA) is 109 Å². The van der Waals surface area contributed by atoms with E-state index in [-0.39, 0.29) is 18.3 Å². The number of methoxy groups -OCH3 is 2. The molecule has 0 saturated heterocycles. The van der Waals surface area contributed by atoms with E-state index >= 15 is 0 Å². The Hall–Kier alpha value is -2.00. The van der Waals surface area contributed by atoms with Crippen LogP contribution in [-0.4, -0.2) is 64.8 Å². The summed E-state index contributed by atoms with van der Waals surface area (Å²) in [4.78, 5) is 4.40. The van der Waals surface area contributed by atoms with Crippen LogP contribution in [-0.2, 0) is 9.84 Å². The summed E-state index contributed by atoms with van der Waals surface area (Å²) in [5.41, 5.74) is 0.635. The Morgan fingerprint density at radius 1 is 1.22 bits per heavy atom. The standard InChI is InChI=1S/C18H31N3O5S/c1-6-19-18(21-13(2)7-8-27(5,23)24)20-12-17(22)14-9-15(25-3)11-16(10-14)26-4/h9-11,13,17,22H,6-8,12H2,1-5H3,(H2,19,20,21). The second-order valence-corrected chi connectivity index (χ2v) is 8.61. The summed E-state index contributed by atoms with van der Waals surface area (Å²) < 4.78 is 33.0. The van der Waals surface area contributed by atoms with Crippen molar-refractivity contribution >= 4 is 15.8 Å². The number of nitrogens with one attached hydrogen (secondary N) is 2. The van der Waals surface area contributed by atoms with Gasteiger partial charge in [-0.3, -0.25) is 4.99 Å². The summed E-state index contributed by atoms with van der Waals surface area (Å²) in [7, 11) is 0.0933. The summed E-state index contributed by atoms with van der Waals surface area (Å²) in [6, 6.07) is 5.12. The minimum atomic E-state index is -3.01. The van der Waals surface area contributed by atoms with E-state index in [0.717, 1.165) is 0 Å². The third-order valence-electron chi connectivity index (χ3n) is 3.83. The molecule has 2 unspecified atom stereocenters. The predicted molar refractivity (Wildman–Crippen MR) is 107 cm³/mol. The number of aliphatic hydroxyl groups is 1. The van der Waals surface area contributed by atoms with E-state index in [9.17, 15) is 13.5 Å². The fraction of sp³-hybridized carbons (Fsp3) is 0.611. The number of rotatable bonds is 10. The first-order chi connectivity index (χ1) is 12.7. The molecule has 27 heavy (non-hydrogen) atoms. The minimum absolute atomic E-state index is 0.0772. The van der Waals surface area contributed by atoms with Crippen LogP contribution in [0.5, 0.6) is 11.5 Å². The van der Waals surface area contributed by atoms with Crippen LogP contribution in [0.2, 0.25) is 0 Å². The average molecular weight is 402 g/mol. The smallest absolute Gasteiger partial charge is 0.191 e. The molecule has 2 atom stereocenters. The lowest BCUT2D eigenvalue weighted by atomic mass is 10.1. The Morgan fingerprint density at radius 3 is 2.30 bits per heavy atom. The van der Waals surface area contributed by atoms with E-state index in [4.69, 9.17) is 9.47 Å². The van der Waals surface area contributed by atoms with Crippen molar-refractivity contribution in [1.82, 2.24) is 10.6 Å². The molecule has 3 N–H and O–H groups in total. The van der Waals surface area contributed by atoms with Gasteiger partial charge in [0.15, 0.2) is 5.96 Å². The van der Waals surface area contributed by atoms with Crippen LogP contribution in [0.15, 0.2) is 23.2 Å². The van der Waals surface area contributed by atoms with E-state index in [1.807, 2.05) is 13.8 Å². The van der Waals surface area contributed by atoms with E-state index < -0.39 is 15.9 Å². The second kappa shape index (κ2) is 11.0. The highest BCUT2D eigenvalue weighted by molar-refractivity contribution is 7.90. The number of guanidine groups is 1. The van der Waals surface area contributed by atoms with Crippen molar-refractivity contribution in [2.24, 2.45) is 4.99 Å². The van der Waals surface area contributed by atoms with Gasteiger partial charge in [-0.05, 0) is 38.0 Å². The molecule has 0 aliphatic carbocycles. The first kappa shape index (κ1) is 23.0. The maximum atomic E-state index is 11.3. The highest BCUT2D eigenvalue weighted by atomic mass is 32.2. The number of hydrogen-bond acceptors (Lipinski definition) is 6. The third-order valence-corrected chi connectivity index (χ3v) is 4.81. The molecule has 1 aromatic carbocycles. The van der Waals surface area contributed by atoms with Gasteiger partial charge >= 0.3 is 0 Å².